The lowest BCUT2D eigenvalue weighted by molar-refractivity contribution is -0.157. The van der Waals surface area contributed by atoms with Gasteiger partial charge in [-0.15, -0.1) is 0 Å². The number of nitrogens with zero attached hydrogens (tertiary/aromatic N) is 5. The number of nitrogens with one attached hydrogen (secondary N) is 1. The summed E-state index contributed by atoms with van der Waals surface area (Å²) in [6, 6.07) is 14.5. The van der Waals surface area contributed by atoms with Crippen LogP contribution in [-0.2, 0) is 22.6 Å². The van der Waals surface area contributed by atoms with E-state index in [1.54, 1.807) is 28.9 Å². The van der Waals surface area contributed by atoms with Gasteiger partial charge in [-0.05, 0) is 17.2 Å². The van der Waals surface area contributed by atoms with Crippen LogP contribution < -0.4 is 11.1 Å². The molecule has 5 rings (SSSR count). The number of benzene rings is 2. The minimum Gasteiger partial charge on any atom is -0.375 e. The number of fused-ring (bicyclic) bond motifs is 2. The number of carbonyl (C=O) groups is 3. The lowest BCUT2D eigenvalue weighted by Gasteiger charge is -2.45. The van der Waals surface area contributed by atoms with Crippen LogP contribution in [0.25, 0.3) is 10.2 Å². The first-order valence-electron chi connectivity index (χ1n) is 11.4. The van der Waals surface area contributed by atoms with Gasteiger partial charge in [0, 0.05) is 27.1 Å². The molecule has 3 N–H and O–H groups in total. The maximum absolute atomic E-state index is 13.8. The molecule has 0 bridgehead atoms. The summed E-state index contributed by atoms with van der Waals surface area (Å²) in [6.07, 6.45) is -0.0695. The summed E-state index contributed by atoms with van der Waals surface area (Å²) >= 11 is 1.41. The number of carbonyl (C=O) groups excluding carboxylic acids is 3. The Balaban J connectivity index is 1.51. The number of nitrogens with two attached hydrogens (primary N) is 1. The van der Waals surface area contributed by atoms with E-state index in [-0.39, 0.29) is 30.9 Å². The number of nitrogen functional groups attached to an aromatic ring is 1. The fourth-order valence-corrected chi connectivity index (χ4v) is 5.70. The number of amides is 4. The summed E-state index contributed by atoms with van der Waals surface area (Å²) in [5, 5.41) is 6.22. The number of aromatic nitrogens is 1. The van der Waals surface area contributed by atoms with E-state index in [4.69, 9.17) is 5.73 Å². The predicted molar refractivity (Wildman–Crippen MR) is 133 cm³/mol. The van der Waals surface area contributed by atoms with Crippen molar-refractivity contribution in [2.24, 2.45) is 0 Å². The smallest absolute Gasteiger partial charge is 0.331 e. The third-order valence-electron chi connectivity index (χ3n) is 6.61. The van der Waals surface area contributed by atoms with E-state index in [0.29, 0.717) is 18.1 Å². The number of piperazine rings is 1. The Labute approximate surface area is 206 Å². The zero-order chi connectivity index (χ0) is 24.7. The van der Waals surface area contributed by atoms with Crippen molar-refractivity contribution in [3.63, 3.8) is 0 Å². The van der Waals surface area contributed by atoms with Crippen LogP contribution in [0.5, 0.6) is 0 Å². The lowest BCUT2D eigenvalue weighted by atomic mass is 10.00. The van der Waals surface area contributed by atoms with Crippen LogP contribution in [-0.4, -0.2) is 82.0 Å². The van der Waals surface area contributed by atoms with Gasteiger partial charge < -0.3 is 20.9 Å². The first kappa shape index (κ1) is 23.1. The minimum absolute atomic E-state index is 0.0270. The van der Waals surface area contributed by atoms with Gasteiger partial charge in [0.25, 0.3) is 0 Å². The molecule has 2 saturated heterocycles. The highest BCUT2D eigenvalue weighted by molar-refractivity contribution is 7.22. The van der Waals surface area contributed by atoms with Crippen molar-refractivity contribution in [1.29, 1.82) is 0 Å². The summed E-state index contributed by atoms with van der Waals surface area (Å²) in [4.78, 5) is 47.2. The number of thiazole rings is 1. The summed E-state index contributed by atoms with van der Waals surface area (Å²) in [5.74, 6) is -0.294. The van der Waals surface area contributed by atoms with Crippen LogP contribution in [0.4, 0.5) is 9.93 Å². The first-order chi connectivity index (χ1) is 16.9. The number of hydrogen-bond acceptors (Lipinski definition) is 7. The average Bonchev–Trinajstić information content (AvgIpc) is 3.40. The average molecular weight is 494 g/mol. The number of urea groups is 1. The second-order valence-corrected chi connectivity index (χ2v) is 9.76. The van der Waals surface area contributed by atoms with Crippen molar-refractivity contribution in [2.75, 3.05) is 32.9 Å². The predicted octanol–water partition coefficient (Wildman–Crippen LogP) is 1.49. The molecule has 0 radical (unpaired) electrons. The molecule has 0 saturated carbocycles. The first-order valence-corrected chi connectivity index (χ1v) is 12.2. The molecule has 11 heteroatoms. The van der Waals surface area contributed by atoms with Gasteiger partial charge in [-0.1, -0.05) is 53.8 Å². The van der Waals surface area contributed by atoms with Crippen molar-refractivity contribution in [3.05, 3.63) is 59.7 Å². The second-order valence-electron chi connectivity index (χ2n) is 8.70. The Hall–Kier alpha value is -3.70. The number of hydrogen-bond donors (Lipinski definition) is 2. The van der Waals surface area contributed by atoms with E-state index >= 15 is 0 Å². The Bertz CT molecular complexity index is 1280. The molecule has 1 aromatic heterocycles. The van der Waals surface area contributed by atoms with Crippen LogP contribution in [0, 0.1) is 0 Å². The molecule has 0 aliphatic carbocycles. The molecular formula is C24H27N7O3S. The molecule has 182 valence electrons. The molecule has 10 nitrogen and oxygen atoms in total. The number of anilines is 1. The van der Waals surface area contributed by atoms with Crippen molar-refractivity contribution >= 4 is 44.5 Å². The third kappa shape index (κ3) is 4.17. The Morgan fingerprint density at radius 3 is 2.71 bits per heavy atom. The second kappa shape index (κ2) is 9.16. The van der Waals surface area contributed by atoms with Crippen LogP contribution in [0.1, 0.15) is 11.1 Å². The Morgan fingerprint density at radius 1 is 1.20 bits per heavy atom. The summed E-state index contributed by atoms with van der Waals surface area (Å²) in [7, 11) is 3.17. The zero-order valence-corrected chi connectivity index (χ0v) is 20.4. The zero-order valence-electron chi connectivity index (χ0n) is 19.5. The summed E-state index contributed by atoms with van der Waals surface area (Å²) < 4.78 is 0.962. The molecule has 2 aliphatic rings. The van der Waals surface area contributed by atoms with E-state index in [9.17, 15) is 14.4 Å². The molecule has 35 heavy (non-hydrogen) atoms. The highest BCUT2D eigenvalue weighted by Gasteiger charge is 2.51. The molecule has 3 heterocycles. The monoisotopic (exact) mass is 493 g/mol. The maximum Gasteiger partial charge on any atom is 0.331 e. The minimum atomic E-state index is -0.675. The standard InChI is InChI=1S/C24H27N7O3S/c1-26-24(34)28(2)30-14-20(32)31-17(11-15-7-4-3-5-8-15)22(33)29(13-19(30)31)12-16-9-6-10-18-21(16)27-23(25)35-18/h3-10,17,19H,11-14H2,1-2H3,(H2,25,27)(H,26,34)/t17-,19+/m0/s1. The molecule has 4 amide bonds. The van der Waals surface area contributed by atoms with Crippen molar-refractivity contribution < 1.29 is 14.4 Å². The van der Waals surface area contributed by atoms with Gasteiger partial charge in [-0.3, -0.25) is 14.6 Å². The van der Waals surface area contributed by atoms with Crippen molar-refractivity contribution in [2.45, 2.75) is 25.2 Å². The van der Waals surface area contributed by atoms with E-state index < -0.39 is 12.2 Å². The highest BCUT2D eigenvalue weighted by atomic mass is 32.1. The molecule has 2 aromatic carbocycles. The van der Waals surface area contributed by atoms with Crippen LogP contribution in [0.15, 0.2) is 48.5 Å². The topological polar surface area (TPSA) is 115 Å². The fraction of sp³-hybridized carbons (Fsp3) is 0.333. The van der Waals surface area contributed by atoms with Crippen LogP contribution in [0.2, 0.25) is 0 Å². The van der Waals surface area contributed by atoms with Crippen molar-refractivity contribution in [1.82, 2.24) is 30.1 Å². The molecule has 2 aliphatic heterocycles. The van der Waals surface area contributed by atoms with Gasteiger partial charge in [-0.2, -0.15) is 5.01 Å². The molecular weight excluding hydrogens is 466 g/mol. The molecule has 2 atom stereocenters. The summed E-state index contributed by atoms with van der Waals surface area (Å²) in [6.45, 7) is 0.632. The van der Waals surface area contributed by atoms with Gasteiger partial charge in [0.15, 0.2) is 5.13 Å². The number of para-hydroxylation sites is 1. The molecule has 2 fully saturated rings. The Morgan fingerprint density at radius 2 is 1.97 bits per heavy atom. The van der Waals surface area contributed by atoms with Gasteiger partial charge in [0.1, 0.15) is 12.2 Å². The third-order valence-corrected chi connectivity index (χ3v) is 7.46. The molecule has 0 spiro atoms. The Kier molecular flexibility index (Phi) is 6.03. The van der Waals surface area contributed by atoms with Gasteiger partial charge >= 0.3 is 6.03 Å². The van der Waals surface area contributed by atoms with Crippen LogP contribution >= 0.6 is 11.3 Å². The quantitative estimate of drug-likeness (QED) is 0.557. The normalized spacial score (nSPS) is 20.4. The lowest BCUT2D eigenvalue weighted by Crippen LogP contribution is -2.65. The van der Waals surface area contributed by atoms with E-state index in [2.05, 4.69) is 10.3 Å². The highest BCUT2D eigenvalue weighted by Crippen LogP contribution is 2.32. The summed E-state index contributed by atoms with van der Waals surface area (Å²) in [5.41, 5.74) is 8.58. The van der Waals surface area contributed by atoms with Gasteiger partial charge in [0.05, 0.1) is 23.3 Å². The van der Waals surface area contributed by atoms with E-state index in [1.807, 2.05) is 48.5 Å². The molecule has 0 unspecified atom stereocenters. The van der Waals surface area contributed by atoms with E-state index in [0.717, 1.165) is 21.3 Å². The van der Waals surface area contributed by atoms with Gasteiger partial charge in [-0.25, -0.2) is 9.78 Å². The fourth-order valence-electron chi connectivity index (χ4n) is 4.92. The van der Waals surface area contributed by atoms with E-state index in [1.165, 1.54) is 16.3 Å². The maximum atomic E-state index is 13.8. The van der Waals surface area contributed by atoms with Crippen LogP contribution in [0.3, 0.4) is 0 Å². The largest absolute Gasteiger partial charge is 0.375 e. The van der Waals surface area contributed by atoms with Gasteiger partial charge in [0.2, 0.25) is 11.8 Å². The molecule has 3 aromatic rings. The number of rotatable bonds is 5. The number of hydrazine groups is 1. The SMILES string of the molecule is CNC(=O)N(C)N1CC(=O)N2[C@@H](Cc3ccccc3)C(=O)N(Cc3cccc4sc(N)nc34)C[C@@H]21. The van der Waals surface area contributed by atoms with Crippen molar-refractivity contribution in [3.8, 4) is 0 Å².